The lowest BCUT2D eigenvalue weighted by atomic mass is 9.78. The Bertz CT molecular complexity index is 800. The SMILES string of the molecule is CC(Cn1cnnn1)Oc1cc(B2OC(C)(C)C(C)(C)O2)ccc1C#N. The lowest BCUT2D eigenvalue weighted by Gasteiger charge is -2.32. The van der Waals surface area contributed by atoms with Crippen molar-refractivity contribution >= 4 is 12.6 Å². The van der Waals surface area contributed by atoms with Crippen molar-refractivity contribution < 1.29 is 14.0 Å². The Labute approximate surface area is 153 Å². The number of benzene rings is 1. The molecule has 1 atom stereocenters. The molecular formula is C17H22BN5O3. The molecule has 1 fully saturated rings. The zero-order chi connectivity index (χ0) is 18.9. The molecule has 0 N–H and O–H groups in total. The van der Waals surface area contributed by atoms with Crippen LogP contribution in [0.15, 0.2) is 24.5 Å². The summed E-state index contributed by atoms with van der Waals surface area (Å²) in [6, 6.07) is 7.51. The van der Waals surface area contributed by atoms with Gasteiger partial charge in [0.05, 0.1) is 23.3 Å². The van der Waals surface area contributed by atoms with Crippen LogP contribution in [0, 0.1) is 11.3 Å². The average molecular weight is 355 g/mol. The lowest BCUT2D eigenvalue weighted by molar-refractivity contribution is 0.00578. The van der Waals surface area contributed by atoms with Crippen LogP contribution in [0.1, 0.15) is 40.2 Å². The van der Waals surface area contributed by atoms with Gasteiger partial charge < -0.3 is 14.0 Å². The van der Waals surface area contributed by atoms with E-state index in [9.17, 15) is 5.26 Å². The van der Waals surface area contributed by atoms with Gasteiger partial charge in [-0.3, -0.25) is 0 Å². The minimum absolute atomic E-state index is 0.223. The van der Waals surface area contributed by atoms with Crippen LogP contribution in [-0.2, 0) is 15.9 Å². The molecule has 0 saturated carbocycles. The van der Waals surface area contributed by atoms with Gasteiger partial charge in [-0.2, -0.15) is 5.26 Å². The normalized spacial score (nSPS) is 19.2. The van der Waals surface area contributed by atoms with E-state index in [1.165, 1.54) is 6.33 Å². The fraction of sp³-hybridized carbons (Fsp3) is 0.529. The summed E-state index contributed by atoms with van der Waals surface area (Å²) in [5.74, 6) is 0.486. The molecule has 0 bridgehead atoms. The minimum atomic E-state index is -0.509. The second-order valence-electron chi connectivity index (χ2n) is 7.42. The first kappa shape index (κ1) is 18.4. The van der Waals surface area contributed by atoms with Gasteiger partial charge in [0.15, 0.2) is 0 Å². The first-order valence-corrected chi connectivity index (χ1v) is 8.49. The zero-order valence-electron chi connectivity index (χ0n) is 15.6. The Morgan fingerprint density at radius 1 is 1.27 bits per heavy atom. The molecule has 1 aromatic carbocycles. The summed E-state index contributed by atoms with van der Waals surface area (Å²) >= 11 is 0. The van der Waals surface area contributed by atoms with Gasteiger partial charge in [0.2, 0.25) is 0 Å². The summed E-state index contributed by atoms with van der Waals surface area (Å²) in [7, 11) is -0.509. The smallest absolute Gasteiger partial charge is 0.487 e. The molecule has 0 radical (unpaired) electrons. The second kappa shape index (κ2) is 6.70. The number of aromatic nitrogens is 4. The van der Waals surface area contributed by atoms with Crippen molar-refractivity contribution in [1.82, 2.24) is 20.2 Å². The van der Waals surface area contributed by atoms with Crippen LogP contribution in [0.5, 0.6) is 5.75 Å². The Balaban J connectivity index is 1.80. The molecule has 26 heavy (non-hydrogen) atoms. The molecule has 136 valence electrons. The molecule has 1 unspecified atom stereocenters. The zero-order valence-corrected chi connectivity index (χ0v) is 15.6. The highest BCUT2D eigenvalue weighted by Crippen LogP contribution is 2.36. The van der Waals surface area contributed by atoms with Gasteiger partial charge in [-0.15, -0.1) is 5.10 Å². The predicted octanol–water partition coefficient (Wildman–Crippen LogP) is 1.31. The second-order valence-corrected chi connectivity index (χ2v) is 7.42. The molecule has 2 heterocycles. The molecule has 1 aliphatic rings. The molecule has 9 heteroatoms. The summed E-state index contributed by atoms with van der Waals surface area (Å²) in [5.41, 5.74) is 0.404. The first-order chi connectivity index (χ1) is 12.2. The Kier molecular flexibility index (Phi) is 4.73. The van der Waals surface area contributed by atoms with E-state index in [1.807, 2.05) is 40.7 Å². The first-order valence-electron chi connectivity index (χ1n) is 8.49. The van der Waals surface area contributed by atoms with Crippen molar-refractivity contribution in [2.75, 3.05) is 0 Å². The third-order valence-corrected chi connectivity index (χ3v) is 4.82. The maximum atomic E-state index is 9.38. The summed E-state index contributed by atoms with van der Waals surface area (Å²) in [6.07, 6.45) is 1.30. The highest BCUT2D eigenvalue weighted by Gasteiger charge is 2.51. The van der Waals surface area contributed by atoms with Crippen LogP contribution in [0.3, 0.4) is 0 Å². The third-order valence-electron chi connectivity index (χ3n) is 4.82. The van der Waals surface area contributed by atoms with E-state index in [4.69, 9.17) is 14.0 Å². The van der Waals surface area contributed by atoms with Gasteiger partial charge in [-0.25, -0.2) is 4.68 Å². The largest absolute Gasteiger partial charge is 0.494 e. The molecule has 1 aliphatic heterocycles. The maximum Gasteiger partial charge on any atom is 0.494 e. The van der Waals surface area contributed by atoms with E-state index in [1.54, 1.807) is 16.8 Å². The van der Waals surface area contributed by atoms with Crippen LogP contribution in [0.4, 0.5) is 0 Å². The Morgan fingerprint density at radius 3 is 2.54 bits per heavy atom. The number of hydrogen-bond donors (Lipinski definition) is 0. The van der Waals surface area contributed by atoms with Crippen LogP contribution in [0.2, 0.25) is 0 Å². The van der Waals surface area contributed by atoms with Crippen molar-refractivity contribution in [3.8, 4) is 11.8 Å². The molecule has 0 spiro atoms. The van der Waals surface area contributed by atoms with E-state index >= 15 is 0 Å². The van der Waals surface area contributed by atoms with Crippen molar-refractivity contribution in [2.45, 2.75) is 58.5 Å². The fourth-order valence-electron chi connectivity index (χ4n) is 2.64. The van der Waals surface area contributed by atoms with E-state index in [-0.39, 0.29) is 6.10 Å². The standard InChI is InChI=1S/C17H22BN5O3/c1-12(10-23-11-20-21-22-23)24-15-8-14(7-6-13(15)9-19)18-25-16(2,3)17(4,5)26-18/h6-8,11-12H,10H2,1-5H3. The monoisotopic (exact) mass is 355 g/mol. The fourth-order valence-corrected chi connectivity index (χ4v) is 2.64. The number of rotatable bonds is 5. The predicted molar refractivity (Wildman–Crippen MR) is 94.8 cm³/mol. The molecular weight excluding hydrogens is 333 g/mol. The minimum Gasteiger partial charge on any atom is -0.487 e. The summed E-state index contributed by atoms with van der Waals surface area (Å²) in [6.45, 7) is 10.4. The topological polar surface area (TPSA) is 95.1 Å². The van der Waals surface area contributed by atoms with Crippen molar-refractivity contribution in [3.63, 3.8) is 0 Å². The van der Waals surface area contributed by atoms with Crippen molar-refractivity contribution in [3.05, 3.63) is 30.1 Å². The Morgan fingerprint density at radius 2 is 1.96 bits per heavy atom. The van der Waals surface area contributed by atoms with Crippen LogP contribution >= 0.6 is 0 Å². The van der Waals surface area contributed by atoms with E-state index in [0.29, 0.717) is 17.9 Å². The van der Waals surface area contributed by atoms with Gasteiger partial charge in [-0.05, 0) is 62.6 Å². The van der Waals surface area contributed by atoms with E-state index < -0.39 is 18.3 Å². The van der Waals surface area contributed by atoms with Crippen LogP contribution in [0.25, 0.3) is 0 Å². The van der Waals surface area contributed by atoms with Gasteiger partial charge in [-0.1, -0.05) is 6.07 Å². The molecule has 1 saturated heterocycles. The number of nitriles is 1. The van der Waals surface area contributed by atoms with Gasteiger partial charge in [0.25, 0.3) is 0 Å². The number of nitrogens with zero attached hydrogens (tertiary/aromatic N) is 5. The van der Waals surface area contributed by atoms with Crippen LogP contribution in [-0.4, -0.2) is 44.6 Å². The summed E-state index contributed by atoms with van der Waals surface area (Å²) in [5, 5.41) is 20.4. The lowest BCUT2D eigenvalue weighted by Crippen LogP contribution is -2.41. The number of tetrazole rings is 1. The molecule has 0 amide bonds. The summed E-state index contributed by atoms with van der Waals surface area (Å²) in [4.78, 5) is 0. The average Bonchev–Trinajstić information content (AvgIpc) is 3.13. The molecule has 0 aliphatic carbocycles. The van der Waals surface area contributed by atoms with Crippen molar-refractivity contribution in [2.24, 2.45) is 0 Å². The summed E-state index contributed by atoms with van der Waals surface area (Å²) < 4.78 is 19.7. The quantitative estimate of drug-likeness (QED) is 0.746. The van der Waals surface area contributed by atoms with Crippen molar-refractivity contribution in [1.29, 1.82) is 5.26 Å². The maximum absolute atomic E-state index is 9.38. The molecule has 3 rings (SSSR count). The highest BCUT2D eigenvalue weighted by atomic mass is 16.7. The Hall–Kier alpha value is -2.44. The van der Waals surface area contributed by atoms with Crippen LogP contribution < -0.4 is 10.2 Å². The van der Waals surface area contributed by atoms with Gasteiger partial charge in [0.1, 0.15) is 24.3 Å². The molecule has 1 aromatic heterocycles. The van der Waals surface area contributed by atoms with E-state index in [2.05, 4.69) is 21.6 Å². The van der Waals surface area contributed by atoms with E-state index in [0.717, 1.165) is 5.46 Å². The van der Waals surface area contributed by atoms with Gasteiger partial charge >= 0.3 is 7.12 Å². The van der Waals surface area contributed by atoms with Gasteiger partial charge in [0, 0.05) is 0 Å². The third kappa shape index (κ3) is 3.57. The molecule has 8 nitrogen and oxygen atoms in total. The number of hydrogen-bond acceptors (Lipinski definition) is 7. The molecule has 2 aromatic rings. The highest BCUT2D eigenvalue weighted by molar-refractivity contribution is 6.62. The number of ether oxygens (including phenoxy) is 1.